The van der Waals surface area contributed by atoms with Gasteiger partial charge in [-0.2, -0.15) is 4.57 Å². The van der Waals surface area contributed by atoms with E-state index in [4.69, 9.17) is 118 Å². The summed E-state index contributed by atoms with van der Waals surface area (Å²) in [5, 5.41) is 0.449. The van der Waals surface area contributed by atoms with Crippen molar-refractivity contribution in [3.05, 3.63) is 81.6 Å². The molecule has 14 heteroatoms. The highest BCUT2D eigenvalue weighted by Gasteiger charge is 2.34. The fraction of sp³-hybridized carbons (Fsp3) is 0. The Morgan fingerprint density at radius 3 is 0.812 bits per heavy atom. The van der Waals surface area contributed by atoms with Crippen LogP contribution >= 0.6 is 112 Å². The third-order valence-electron chi connectivity index (χ3n) is 3.52. The van der Waals surface area contributed by atoms with Crippen LogP contribution in [0.5, 0.6) is 17.2 Å². The molecule has 0 aromatic heterocycles. The van der Waals surface area contributed by atoms with E-state index < -0.39 is 7.82 Å². The van der Waals surface area contributed by atoms with Crippen molar-refractivity contribution >= 4 is 112 Å². The Morgan fingerprint density at radius 1 is 0.438 bits per heavy atom. The number of hydrogen-bond acceptors (Lipinski definition) is 4. The van der Waals surface area contributed by atoms with Gasteiger partial charge in [0.15, 0.2) is 0 Å². The molecule has 0 bridgehead atoms. The molecule has 3 rings (SSSR count). The van der Waals surface area contributed by atoms with E-state index in [1.807, 2.05) is 0 Å². The minimum absolute atomic E-state index is 0.0379. The van der Waals surface area contributed by atoms with E-state index in [1.54, 1.807) is 0 Å². The van der Waals surface area contributed by atoms with Gasteiger partial charge in [0.2, 0.25) is 0 Å². The average Bonchev–Trinajstić information content (AvgIpc) is 2.68. The number of phosphoric ester groups is 1. The van der Waals surface area contributed by atoms with Gasteiger partial charge in [0.25, 0.3) is 0 Å². The van der Waals surface area contributed by atoms with E-state index in [2.05, 4.69) is 0 Å². The molecule has 0 amide bonds. The molecule has 0 N–H and O–H groups in total. The van der Waals surface area contributed by atoms with Crippen LogP contribution in [-0.4, -0.2) is 0 Å². The smallest absolute Gasteiger partial charge is 0.386 e. The molecule has 3 aromatic rings. The van der Waals surface area contributed by atoms with Crippen LogP contribution in [-0.2, 0) is 4.57 Å². The standard InChI is InChI=1S/C18H6Cl9O4P/c19-10-1-7(2-11(20)16(10)25)29-32(28,30-8-3-12(21)17(26)13(22)4-8)31-9-5-14(23)18(27)15(24)6-9/h1-6H. The minimum atomic E-state index is -4.53. The van der Waals surface area contributed by atoms with Crippen molar-refractivity contribution in [1.82, 2.24) is 0 Å². The Bertz CT molecular complexity index is 1030. The average molecular weight is 636 g/mol. The van der Waals surface area contributed by atoms with Gasteiger partial charge in [-0.3, -0.25) is 0 Å². The molecule has 3 aromatic carbocycles. The first-order chi connectivity index (χ1) is 14.9. The fourth-order valence-electron chi connectivity index (χ4n) is 2.20. The maximum Gasteiger partial charge on any atom is 0.647 e. The van der Waals surface area contributed by atoms with Crippen molar-refractivity contribution < 1.29 is 18.1 Å². The zero-order chi connectivity index (χ0) is 23.8. The molecule has 0 aliphatic carbocycles. The largest absolute Gasteiger partial charge is 0.647 e. The van der Waals surface area contributed by atoms with Gasteiger partial charge in [0, 0.05) is 36.4 Å². The first-order valence-electron chi connectivity index (χ1n) is 8.01. The molecule has 4 nitrogen and oxygen atoms in total. The maximum absolute atomic E-state index is 13.6. The van der Waals surface area contributed by atoms with E-state index in [0.29, 0.717) is 0 Å². The number of phosphoric acid groups is 1. The maximum atomic E-state index is 13.6. The Morgan fingerprint density at radius 2 is 0.625 bits per heavy atom. The Kier molecular flexibility index (Phi) is 8.83. The van der Waals surface area contributed by atoms with Gasteiger partial charge in [-0.05, 0) is 0 Å². The molecule has 0 fully saturated rings. The summed E-state index contributed by atoms with van der Waals surface area (Å²) in [5.74, 6) is -0.236. The highest BCUT2D eigenvalue weighted by atomic mass is 35.5. The lowest BCUT2D eigenvalue weighted by atomic mass is 10.3. The summed E-state index contributed by atoms with van der Waals surface area (Å²) in [7, 11) is -4.53. The molecule has 0 spiro atoms. The predicted molar refractivity (Wildman–Crippen MR) is 134 cm³/mol. The lowest BCUT2D eigenvalue weighted by molar-refractivity contribution is 0.298. The summed E-state index contributed by atoms with van der Waals surface area (Å²) >= 11 is 54.0. The second-order valence-electron chi connectivity index (χ2n) is 5.82. The van der Waals surface area contributed by atoms with Crippen LogP contribution in [0.1, 0.15) is 0 Å². The molecule has 0 saturated carbocycles. The Hall–Kier alpha value is -0.100. The van der Waals surface area contributed by atoms with Crippen LogP contribution in [0, 0.1) is 0 Å². The van der Waals surface area contributed by atoms with Crippen LogP contribution in [0.25, 0.3) is 0 Å². The highest BCUT2D eigenvalue weighted by molar-refractivity contribution is 7.49. The first-order valence-corrected chi connectivity index (χ1v) is 12.9. The molecule has 0 unspecified atom stereocenters. The molecular weight excluding hydrogens is 630 g/mol. The van der Waals surface area contributed by atoms with Crippen molar-refractivity contribution in [3.8, 4) is 17.2 Å². The molecule has 0 aliphatic rings. The van der Waals surface area contributed by atoms with E-state index in [0.717, 1.165) is 0 Å². The van der Waals surface area contributed by atoms with Crippen molar-refractivity contribution in [2.45, 2.75) is 0 Å². The first kappa shape index (κ1) is 26.5. The zero-order valence-corrected chi connectivity index (χ0v) is 22.6. The summed E-state index contributed by atoms with van der Waals surface area (Å²) in [5.41, 5.74) is 0. The van der Waals surface area contributed by atoms with Crippen LogP contribution in [0.15, 0.2) is 36.4 Å². The van der Waals surface area contributed by atoms with Gasteiger partial charge in [-0.25, -0.2) is 0 Å². The molecule has 0 atom stereocenters. The lowest BCUT2D eigenvalue weighted by Crippen LogP contribution is -2.08. The fourth-order valence-corrected chi connectivity index (χ4v) is 5.13. The second-order valence-corrected chi connectivity index (χ2v) is 10.8. The third-order valence-corrected chi connectivity index (χ3v) is 8.42. The summed E-state index contributed by atoms with van der Waals surface area (Å²) in [6.45, 7) is 0. The van der Waals surface area contributed by atoms with Crippen LogP contribution < -0.4 is 13.6 Å². The van der Waals surface area contributed by atoms with Crippen LogP contribution in [0.3, 0.4) is 0 Å². The third kappa shape index (κ3) is 6.31. The number of halogens is 9. The number of hydrogen-bond donors (Lipinski definition) is 0. The van der Waals surface area contributed by atoms with Gasteiger partial charge in [-0.1, -0.05) is 104 Å². The van der Waals surface area contributed by atoms with Gasteiger partial charge in [0.05, 0.1) is 45.2 Å². The Balaban J connectivity index is 2.05. The highest BCUT2D eigenvalue weighted by Crippen LogP contribution is 2.53. The van der Waals surface area contributed by atoms with Crippen molar-refractivity contribution in [2.75, 3.05) is 0 Å². The van der Waals surface area contributed by atoms with E-state index >= 15 is 0 Å². The monoisotopic (exact) mass is 632 g/mol. The molecule has 0 heterocycles. The van der Waals surface area contributed by atoms with Crippen molar-refractivity contribution in [3.63, 3.8) is 0 Å². The normalized spacial score (nSPS) is 11.4. The van der Waals surface area contributed by atoms with E-state index in [1.165, 1.54) is 36.4 Å². The van der Waals surface area contributed by atoms with Crippen molar-refractivity contribution in [1.29, 1.82) is 0 Å². The van der Waals surface area contributed by atoms with Gasteiger partial charge < -0.3 is 13.6 Å². The topological polar surface area (TPSA) is 44.8 Å². The zero-order valence-electron chi connectivity index (χ0n) is 14.9. The summed E-state index contributed by atoms with van der Waals surface area (Å²) in [6, 6.07) is 7.58. The number of benzene rings is 3. The molecule has 0 radical (unpaired) electrons. The predicted octanol–water partition coefficient (Wildman–Crippen LogP) is 11.2. The summed E-state index contributed by atoms with van der Waals surface area (Å²) < 4.78 is 30.1. The quantitative estimate of drug-likeness (QED) is 0.200. The van der Waals surface area contributed by atoms with Crippen molar-refractivity contribution in [2.24, 2.45) is 0 Å². The molecule has 32 heavy (non-hydrogen) atoms. The number of rotatable bonds is 6. The molecule has 0 aliphatic heterocycles. The second kappa shape index (κ2) is 10.7. The van der Waals surface area contributed by atoms with Crippen LogP contribution in [0.4, 0.5) is 0 Å². The van der Waals surface area contributed by atoms with Gasteiger partial charge in [0.1, 0.15) is 17.2 Å². The summed E-state index contributed by atoms with van der Waals surface area (Å²) in [4.78, 5) is 0. The minimum Gasteiger partial charge on any atom is -0.386 e. The SMILES string of the molecule is O=P(Oc1cc(Cl)c(Cl)c(Cl)c1)(Oc1cc(Cl)c(Cl)c(Cl)c1)Oc1cc(Cl)c(Cl)c(Cl)c1. The lowest BCUT2D eigenvalue weighted by Gasteiger charge is -2.20. The molecule has 170 valence electrons. The molecular formula is C18H6Cl9O4P. The Labute approximate surface area is 227 Å². The van der Waals surface area contributed by atoms with Crippen LogP contribution in [0.2, 0.25) is 45.2 Å². The van der Waals surface area contributed by atoms with Gasteiger partial charge >= 0.3 is 7.82 Å². The van der Waals surface area contributed by atoms with E-state index in [-0.39, 0.29) is 62.5 Å². The van der Waals surface area contributed by atoms with Gasteiger partial charge in [-0.15, -0.1) is 0 Å². The van der Waals surface area contributed by atoms with E-state index in [9.17, 15) is 4.57 Å². The molecule has 0 saturated heterocycles. The summed E-state index contributed by atoms with van der Waals surface area (Å²) in [6.07, 6.45) is 0.